The van der Waals surface area contributed by atoms with Crippen molar-refractivity contribution in [1.29, 1.82) is 0 Å². The zero-order valence-corrected chi connectivity index (χ0v) is 13.8. The second-order valence-corrected chi connectivity index (χ2v) is 7.06. The first-order valence-corrected chi connectivity index (χ1v) is 7.94. The van der Waals surface area contributed by atoms with Crippen LogP contribution in [0.15, 0.2) is 48.5 Å². The summed E-state index contributed by atoms with van der Waals surface area (Å²) in [5, 5.41) is 0. The normalized spacial score (nSPS) is 26.3. The number of benzene rings is 2. The molecule has 23 heavy (non-hydrogen) atoms. The van der Waals surface area contributed by atoms with Gasteiger partial charge >= 0.3 is 0 Å². The summed E-state index contributed by atoms with van der Waals surface area (Å²) in [7, 11) is 6.37. The molecule has 2 aromatic rings. The zero-order valence-electron chi connectivity index (χ0n) is 13.8. The minimum absolute atomic E-state index is 0.0331. The summed E-state index contributed by atoms with van der Waals surface area (Å²) in [5.74, 6) is -0.0642. The standard InChI is InChI=1S/C19H22NO3/c1-20(2,3)18-13-22-19(23-18)15-9-5-4-8-14(15)12-21-17-11-7-6-10-16(17)19/h4-11,18H,12-13H2,1-3H3/q+1. The first-order valence-electron chi connectivity index (χ1n) is 7.94. The van der Waals surface area contributed by atoms with E-state index in [0.29, 0.717) is 17.7 Å². The zero-order chi connectivity index (χ0) is 16.1. The number of para-hydroxylation sites is 1. The number of nitrogens with zero attached hydrogens (tertiary/aromatic N) is 1. The maximum atomic E-state index is 6.56. The van der Waals surface area contributed by atoms with E-state index in [0.717, 1.165) is 22.4 Å². The molecule has 0 aliphatic carbocycles. The molecule has 1 fully saturated rings. The van der Waals surface area contributed by atoms with Crippen LogP contribution in [0.5, 0.6) is 5.75 Å². The molecule has 4 heteroatoms. The summed E-state index contributed by atoms with van der Waals surface area (Å²) < 4.78 is 19.6. The fourth-order valence-electron chi connectivity index (χ4n) is 3.24. The molecule has 1 spiro atoms. The summed E-state index contributed by atoms with van der Waals surface area (Å²) in [5.41, 5.74) is 3.09. The Morgan fingerprint density at radius 2 is 1.65 bits per heavy atom. The fraction of sp³-hybridized carbons (Fsp3) is 0.368. The highest BCUT2D eigenvalue weighted by molar-refractivity contribution is 5.48. The average Bonchev–Trinajstić information content (AvgIpc) is 2.94. The van der Waals surface area contributed by atoms with E-state index in [2.05, 4.69) is 33.3 Å². The maximum absolute atomic E-state index is 6.56. The first kappa shape index (κ1) is 14.7. The molecule has 2 aliphatic heterocycles. The van der Waals surface area contributed by atoms with E-state index < -0.39 is 5.79 Å². The Morgan fingerprint density at radius 3 is 2.39 bits per heavy atom. The number of quaternary nitrogens is 1. The topological polar surface area (TPSA) is 27.7 Å². The minimum Gasteiger partial charge on any atom is -0.488 e. The van der Waals surface area contributed by atoms with Crippen LogP contribution in [0.3, 0.4) is 0 Å². The largest absolute Gasteiger partial charge is 0.488 e. The average molecular weight is 312 g/mol. The molecule has 4 rings (SSSR count). The quantitative estimate of drug-likeness (QED) is 0.758. The van der Waals surface area contributed by atoms with E-state index >= 15 is 0 Å². The van der Waals surface area contributed by atoms with Crippen LogP contribution >= 0.6 is 0 Å². The third-order valence-electron chi connectivity index (χ3n) is 4.59. The SMILES string of the molecule is C[N+](C)(C)C1COC2(O1)c1ccccc1COc1ccccc12. The predicted octanol–water partition coefficient (Wildman–Crippen LogP) is 2.86. The Balaban J connectivity index is 1.91. The van der Waals surface area contributed by atoms with Gasteiger partial charge in [-0.3, -0.25) is 4.74 Å². The van der Waals surface area contributed by atoms with E-state index in [1.165, 1.54) is 0 Å². The Labute approximate surface area is 136 Å². The molecule has 2 heterocycles. The van der Waals surface area contributed by atoms with Crippen LogP contribution in [-0.2, 0) is 21.9 Å². The molecule has 4 nitrogen and oxygen atoms in total. The molecule has 2 aromatic carbocycles. The van der Waals surface area contributed by atoms with Gasteiger partial charge in [-0.15, -0.1) is 0 Å². The summed E-state index contributed by atoms with van der Waals surface area (Å²) in [4.78, 5) is 0. The van der Waals surface area contributed by atoms with Crippen LogP contribution in [0.1, 0.15) is 16.7 Å². The third-order valence-corrected chi connectivity index (χ3v) is 4.59. The molecule has 120 valence electrons. The van der Waals surface area contributed by atoms with Gasteiger partial charge in [0.2, 0.25) is 12.0 Å². The van der Waals surface area contributed by atoms with Gasteiger partial charge in [-0.05, 0) is 17.7 Å². The van der Waals surface area contributed by atoms with Crippen LogP contribution < -0.4 is 4.74 Å². The Morgan fingerprint density at radius 1 is 0.957 bits per heavy atom. The highest BCUT2D eigenvalue weighted by Crippen LogP contribution is 2.48. The molecule has 2 aliphatic rings. The van der Waals surface area contributed by atoms with Gasteiger partial charge in [0.1, 0.15) is 19.0 Å². The van der Waals surface area contributed by atoms with Gasteiger partial charge < -0.3 is 14.0 Å². The first-order chi connectivity index (χ1) is 11.0. The molecule has 2 unspecified atom stereocenters. The van der Waals surface area contributed by atoms with Crippen molar-refractivity contribution >= 4 is 0 Å². The van der Waals surface area contributed by atoms with Gasteiger partial charge in [-0.25, -0.2) is 0 Å². The second-order valence-electron chi connectivity index (χ2n) is 7.06. The maximum Gasteiger partial charge on any atom is 0.232 e. The van der Waals surface area contributed by atoms with Gasteiger partial charge in [0.15, 0.2) is 0 Å². The lowest BCUT2D eigenvalue weighted by molar-refractivity contribution is -0.917. The predicted molar refractivity (Wildman–Crippen MR) is 86.9 cm³/mol. The van der Waals surface area contributed by atoms with Crippen molar-refractivity contribution in [3.8, 4) is 5.75 Å². The summed E-state index contributed by atoms with van der Waals surface area (Å²) in [6.45, 7) is 1.07. The van der Waals surface area contributed by atoms with Crippen LogP contribution in [0.25, 0.3) is 0 Å². The third kappa shape index (κ3) is 2.26. The number of ether oxygens (including phenoxy) is 3. The smallest absolute Gasteiger partial charge is 0.232 e. The van der Waals surface area contributed by atoms with Crippen molar-refractivity contribution in [2.24, 2.45) is 0 Å². The van der Waals surface area contributed by atoms with Gasteiger partial charge in [0.05, 0.1) is 26.7 Å². The Kier molecular flexibility index (Phi) is 3.23. The van der Waals surface area contributed by atoms with Crippen molar-refractivity contribution in [3.05, 3.63) is 65.2 Å². The van der Waals surface area contributed by atoms with E-state index in [-0.39, 0.29) is 6.23 Å². The number of hydrogen-bond acceptors (Lipinski definition) is 3. The van der Waals surface area contributed by atoms with E-state index in [1.807, 2.05) is 36.4 Å². The van der Waals surface area contributed by atoms with Gasteiger partial charge in [-0.2, -0.15) is 0 Å². The molecule has 2 atom stereocenters. The van der Waals surface area contributed by atoms with Crippen molar-refractivity contribution in [2.75, 3.05) is 27.7 Å². The lowest BCUT2D eigenvalue weighted by Gasteiger charge is -2.33. The minimum atomic E-state index is -0.889. The number of hydrogen-bond donors (Lipinski definition) is 0. The molecule has 0 aromatic heterocycles. The summed E-state index contributed by atoms with van der Waals surface area (Å²) in [6, 6.07) is 16.2. The van der Waals surface area contributed by atoms with Crippen molar-refractivity contribution < 1.29 is 18.7 Å². The number of rotatable bonds is 1. The fourth-order valence-corrected chi connectivity index (χ4v) is 3.24. The molecule has 0 bridgehead atoms. The van der Waals surface area contributed by atoms with Gasteiger partial charge in [0.25, 0.3) is 0 Å². The number of likely N-dealkylation sites (N-methyl/N-ethyl adjacent to an activating group) is 1. The van der Waals surface area contributed by atoms with Crippen molar-refractivity contribution in [3.63, 3.8) is 0 Å². The highest BCUT2D eigenvalue weighted by atomic mass is 16.8. The summed E-state index contributed by atoms with van der Waals surface area (Å²) in [6.07, 6.45) is -0.0331. The molecule has 0 amide bonds. The van der Waals surface area contributed by atoms with Crippen molar-refractivity contribution in [2.45, 2.75) is 18.6 Å². The highest BCUT2D eigenvalue weighted by Gasteiger charge is 2.52. The monoisotopic (exact) mass is 312 g/mol. The van der Waals surface area contributed by atoms with E-state index in [4.69, 9.17) is 14.2 Å². The van der Waals surface area contributed by atoms with Gasteiger partial charge in [0, 0.05) is 5.56 Å². The van der Waals surface area contributed by atoms with Crippen molar-refractivity contribution in [1.82, 2.24) is 0 Å². The molecule has 0 N–H and O–H groups in total. The molecular weight excluding hydrogens is 290 g/mol. The van der Waals surface area contributed by atoms with Crippen LogP contribution in [0.4, 0.5) is 0 Å². The molecule has 1 saturated heterocycles. The van der Waals surface area contributed by atoms with E-state index in [1.54, 1.807) is 0 Å². The Bertz CT molecular complexity index is 688. The Hall–Kier alpha value is -1.88. The lowest BCUT2D eigenvalue weighted by Crippen LogP contribution is -2.47. The second kappa shape index (κ2) is 5.06. The molecule has 0 radical (unpaired) electrons. The summed E-state index contributed by atoms with van der Waals surface area (Å²) >= 11 is 0. The number of fused-ring (bicyclic) bond motifs is 4. The lowest BCUT2D eigenvalue weighted by atomic mass is 9.93. The molecular formula is C19H22NO3+. The van der Waals surface area contributed by atoms with Crippen LogP contribution in [0, 0.1) is 0 Å². The van der Waals surface area contributed by atoms with Gasteiger partial charge in [-0.1, -0.05) is 36.4 Å². The molecule has 0 saturated carbocycles. The van der Waals surface area contributed by atoms with Crippen LogP contribution in [-0.4, -0.2) is 38.5 Å². The van der Waals surface area contributed by atoms with Crippen LogP contribution in [0.2, 0.25) is 0 Å². The van der Waals surface area contributed by atoms with E-state index in [9.17, 15) is 0 Å².